The molecule has 2 heterocycles. The van der Waals surface area contributed by atoms with E-state index in [2.05, 4.69) is 11.9 Å². The fraction of sp³-hybridized carbons (Fsp3) is 0.636. The van der Waals surface area contributed by atoms with Gasteiger partial charge in [-0.1, -0.05) is 13.3 Å². The number of rotatable bonds is 4. The Morgan fingerprint density at radius 1 is 1.69 bits per heavy atom. The molecule has 0 saturated carbocycles. The van der Waals surface area contributed by atoms with Crippen LogP contribution in [-0.2, 0) is 4.79 Å². The van der Waals surface area contributed by atoms with Gasteiger partial charge in [0.05, 0.1) is 6.33 Å². The van der Waals surface area contributed by atoms with Crippen LogP contribution in [0.1, 0.15) is 32.5 Å². The zero-order valence-corrected chi connectivity index (χ0v) is 9.54. The number of amides is 1. The fourth-order valence-electron chi connectivity index (χ4n) is 2.25. The Morgan fingerprint density at radius 2 is 2.50 bits per heavy atom. The van der Waals surface area contributed by atoms with Crippen LogP contribution in [0, 0.1) is 5.92 Å². The highest BCUT2D eigenvalue weighted by molar-refractivity contribution is 5.78. The number of nitrogens with two attached hydrogens (primary N) is 1. The molecule has 0 spiro atoms. The molecule has 1 aliphatic heterocycles. The normalized spacial score (nSPS) is 22.8. The maximum atomic E-state index is 11.8. The number of imidazole rings is 1. The molecular formula is C11H18N4O. The largest absolute Gasteiger partial charge is 0.309 e. The van der Waals surface area contributed by atoms with Crippen LogP contribution in [0.25, 0.3) is 0 Å². The van der Waals surface area contributed by atoms with E-state index in [1.165, 1.54) is 0 Å². The molecule has 2 N–H and O–H groups in total. The zero-order valence-electron chi connectivity index (χ0n) is 9.54. The summed E-state index contributed by atoms with van der Waals surface area (Å²) in [5.74, 6) is 0.617. The molecule has 0 radical (unpaired) electrons. The first-order valence-electron chi connectivity index (χ1n) is 5.75. The average Bonchev–Trinajstić information content (AvgIpc) is 2.87. The van der Waals surface area contributed by atoms with Gasteiger partial charge in [-0.05, 0) is 12.3 Å². The molecule has 16 heavy (non-hydrogen) atoms. The molecule has 1 amide bonds. The van der Waals surface area contributed by atoms with Crippen LogP contribution in [-0.4, -0.2) is 26.9 Å². The van der Waals surface area contributed by atoms with Crippen LogP contribution < -0.4 is 5.73 Å². The van der Waals surface area contributed by atoms with Gasteiger partial charge in [0.15, 0.2) is 6.29 Å². The molecule has 1 aromatic rings. The van der Waals surface area contributed by atoms with E-state index >= 15 is 0 Å². The Labute approximate surface area is 95.2 Å². The first-order valence-corrected chi connectivity index (χ1v) is 5.75. The molecule has 1 fully saturated rings. The molecule has 2 unspecified atom stereocenters. The summed E-state index contributed by atoms with van der Waals surface area (Å²) >= 11 is 0. The fourth-order valence-corrected chi connectivity index (χ4v) is 2.25. The molecule has 5 heteroatoms. The van der Waals surface area contributed by atoms with Gasteiger partial charge in [-0.15, -0.1) is 0 Å². The molecule has 88 valence electrons. The third-order valence-corrected chi connectivity index (χ3v) is 3.09. The molecule has 5 nitrogen and oxygen atoms in total. The summed E-state index contributed by atoms with van der Waals surface area (Å²) in [6.07, 6.45) is 7.54. The predicted octanol–water partition coefficient (Wildman–Crippen LogP) is 0.946. The standard InChI is InChI=1S/C11H18N4O/c1-2-3-9-6-10(16)15(7-9)11(12)14-5-4-13-8-14/h4-5,8-9,11H,2-3,6-7,12H2,1H3. The summed E-state index contributed by atoms with van der Waals surface area (Å²) in [5, 5.41) is 0. The van der Waals surface area contributed by atoms with E-state index in [9.17, 15) is 4.79 Å². The molecule has 2 atom stereocenters. The van der Waals surface area contributed by atoms with E-state index in [1.807, 2.05) is 0 Å². The number of hydrogen-bond donors (Lipinski definition) is 1. The topological polar surface area (TPSA) is 64.2 Å². The smallest absolute Gasteiger partial charge is 0.225 e. The maximum Gasteiger partial charge on any atom is 0.225 e. The van der Waals surface area contributed by atoms with Crippen LogP contribution in [0.3, 0.4) is 0 Å². The van der Waals surface area contributed by atoms with Gasteiger partial charge in [-0.2, -0.15) is 0 Å². The molecule has 0 aromatic carbocycles. The monoisotopic (exact) mass is 222 g/mol. The van der Waals surface area contributed by atoms with Crippen molar-refractivity contribution in [3.05, 3.63) is 18.7 Å². The van der Waals surface area contributed by atoms with E-state index in [-0.39, 0.29) is 5.91 Å². The van der Waals surface area contributed by atoms with Gasteiger partial charge in [0.25, 0.3) is 0 Å². The summed E-state index contributed by atoms with van der Waals surface area (Å²) in [4.78, 5) is 17.5. The maximum absolute atomic E-state index is 11.8. The number of hydrogen-bond acceptors (Lipinski definition) is 3. The van der Waals surface area contributed by atoms with E-state index < -0.39 is 6.29 Å². The lowest BCUT2D eigenvalue weighted by Gasteiger charge is -2.25. The first kappa shape index (κ1) is 11.1. The second-order valence-corrected chi connectivity index (χ2v) is 4.33. The lowest BCUT2D eigenvalue weighted by Crippen LogP contribution is -2.39. The highest BCUT2D eigenvalue weighted by Crippen LogP contribution is 2.25. The van der Waals surface area contributed by atoms with Crippen LogP contribution in [0.15, 0.2) is 18.7 Å². The van der Waals surface area contributed by atoms with Gasteiger partial charge in [0.1, 0.15) is 0 Å². The third kappa shape index (κ3) is 2.09. The Hall–Kier alpha value is -1.36. The van der Waals surface area contributed by atoms with E-state index in [1.54, 1.807) is 28.2 Å². The van der Waals surface area contributed by atoms with Crippen molar-refractivity contribution in [3.63, 3.8) is 0 Å². The first-order chi connectivity index (χ1) is 7.72. The van der Waals surface area contributed by atoms with Crippen molar-refractivity contribution in [1.29, 1.82) is 0 Å². The molecular weight excluding hydrogens is 204 g/mol. The van der Waals surface area contributed by atoms with Gasteiger partial charge in [-0.3, -0.25) is 10.5 Å². The molecule has 1 aliphatic rings. The van der Waals surface area contributed by atoms with Crippen molar-refractivity contribution < 1.29 is 4.79 Å². The minimum absolute atomic E-state index is 0.152. The number of carbonyl (C=O) groups is 1. The Kier molecular flexibility index (Phi) is 3.24. The number of carbonyl (C=O) groups excluding carboxylic acids is 1. The van der Waals surface area contributed by atoms with E-state index in [0.29, 0.717) is 12.3 Å². The van der Waals surface area contributed by atoms with Crippen LogP contribution in [0.5, 0.6) is 0 Å². The Morgan fingerprint density at radius 3 is 3.12 bits per heavy atom. The quantitative estimate of drug-likeness (QED) is 0.824. The lowest BCUT2D eigenvalue weighted by molar-refractivity contribution is -0.131. The Bertz CT molecular complexity index is 349. The van der Waals surface area contributed by atoms with Gasteiger partial charge in [0.2, 0.25) is 5.91 Å². The van der Waals surface area contributed by atoms with E-state index in [0.717, 1.165) is 19.4 Å². The van der Waals surface area contributed by atoms with Crippen LogP contribution >= 0.6 is 0 Å². The van der Waals surface area contributed by atoms with Crippen molar-refractivity contribution in [2.45, 2.75) is 32.5 Å². The SMILES string of the molecule is CCCC1CC(=O)N(C(N)n2ccnc2)C1. The van der Waals surface area contributed by atoms with Crippen molar-refractivity contribution in [2.24, 2.45) is 11.7 Å². The van der Waals surface area contributed by atoms with Crippen molar-refractivity contribution in [3.8, 4) is 0 Å². The summed E-state index contributed by atoms with van der Waals surface area (Å²) in [7, 11) is 0. The summed E-state index contributed by atoms with van der Waals surface area (Å²) < 4.78 is 1.76. The molecule has 0 bridgehead atoms. The number of nitrogens with zero attached hydrogens (tertiary/aromatic N) is 3. The van der Waals surface area contributed by atoms with Gasteiger partial charge < -0.3 is 9.47 Å². The van der Waals surface area contributed by atoms with Crippen molar-refractivity contribution in [1.82, 2.24) is 14.5 Å². The van der Waals surface area contributed by atoms with Gasteiger partial charge >= 0.3 is 0 Å². The second kappa shape index (κ2) is 4.65. The van der Waals surface area contributed by atoms with Crippen molar-refractivity contribution >= 4 is 5.91 Å². The minimum atomic E-state index is -0.406. The third-order valence-electron chi connectivity index (χ3n) is 3.09. The number of likely N-dealkylation sites (tertiary alicyclic amines) is 1. The molecule has 1 saturated heterocycles. The average molecular weight is 222 g/mol. The summed E-state index contributed by atoms with van der Waals surface area (Å²) in [6, 6.07) is 0. The van der Waals surface area contributed by atoms with E-state index in [4.69, 9.17) is 5.73 Å². The van der Waals surface area contributed by atoms with Gasteiger partial charge in [0, 0.05) is 25.4 Å². The second-order valence-electron chi connectivity index (χ2n) is 4.33. The van der Waals surface area contributed by atoms with Crippen LogP contribution in [0.4, 0.5) is 0 Å². The lowest BCUT2D eigenvalue weighted by atomic mass is 10.0. The molecule has 2 rings (SSSR count). The molecule has 0 aliphatic carbocycles. The highest BCUT2D eigenvalue weighted by atomic mass is 16.2. The zero-order chi connectivity index (χ0) is 11.5. The van der Waals surface area contributed by atoms with Crippen LogP contribution in [0.2, 0.25) is 0 Å². The summed E-state index contributed by atoms with van der Waals surface area (Å²) in [6.45, 7) is 2.91. The predicted molar refractivity (Wildman–Crippen MR) is 60.2 cm³/mol. The van der Waals surface area contributed by atoms with Gasteiger partial charge in [-0.25, -0.2) is 4.98 Å². The Balaban J connectivity index is 2.02. The van der Waals surface area contributed by atoms with Crippen molar-refractivity contribution in [2.75, 3.05) is 6.54 Å². The molecule has 1 aromatic heterocycles. The minimum Gasteiger partial charge on any atom is -0.309 e. The summed E-state index contributed by atoms with van der Waals surface area (Å²) in [5.41, 5.74) is 6.02. The highest BCUT2D eigenvalue weighted by Gasteiger charge is 2.32. The number of aromatic nitrogens is 2.